The molecule has 0 bridgehead atoms. The first kappa shape index (κ1) is 22.3. The van der Waals surface area contributed by atoms with Crippen LogP contribution in [0.3, 0.4) is 0 Å². The molecule has 0 heterocycles. The highest BCUT2D eigenvalue weighted by Crippen LogP contribution is 2.18. The van der Waals surface area contributed by atoms with Gasteiger partial charge in [-0.15, -0.1) is 0 Å². The Bertz CT molecular complexity index is 459. The van der Waals surface area contributed by atoms with Crippen molar-refractivity contribution < 1.29 is 9.46 Å². The number of aryl methyl sites for hydroxylation is 1. The maximum Gasteiger partial charge on any atom is 0.546 e. The summed E-state index contributed by atoms with van der Waals surface area (Å²) in [7, 11) is -2.21. The molecule has 1 N–H and O–H groups in total. The van der Waals surface area contributed by atoms with E-state index < -0.39 is 8.03 Å². The van der Waals surface area contributed by atoms with Crippen LogP contribution in [0.4, 0.5) is 0 Å². The Kier molecular flexibility index (Phi) is 13.9. The molecule has 0 saturated heterocycles. The summed E-state index contributed by atoms with van der Waals surface area (Å²) in [5.41, 5.74) is 1.05. The zero-order valence-electron chi connectivity index (χ0n) is 16.2. The van der Waals surface area contributed by atoms with Crippen molar-refractivity contribution in [3.05, 3.63) is 29.8 Å². The highest BCUT2D eigenvalue weighted by atomic mass is 31.1. The molecule has 142 valence electrons. The number of hydrogen-bond donors (Lipinski definition) is 1. The first-order valence-corrected chi connectivity index (χ1v) is 11.7. The van der Waals surface area contributed by atoms with Crippen LogP contribution in [-0.2, 0) is 11.0 Å². The molecule has 1 aromatic carbocycles. The molecular formula is C22H38O2P+. The van der Waals surface area contributed by atoms with Crippen LogP contribution in [0.15, 0.2) is 24.3 Å². The first-order valence-electron chi connectivity index (χ1n) is 10.5. The van der Waals surface area contributed by atoms with Crippen molar-refractivity contribution >= 4 is 13.3 Å². The average molecular weight is 366 g/mol. The molecular weight excluding hydrogens is 327 g/mol. The van der Waals surface area contributed by atoms with Crippen LogP contribution in [0.1, 0.15) is 102 Å². The van der Waals surface area contributed by atoms with E-state index in [0.717, 1.165) is 18.4 Å². The van der Waals surface area contributed by atoms with Gasteiger partial charge in [-0.2, -0.15) is 4.89 Å². The van der Waals surface area contributed by atoms with Gasteiger partial charge in [0.2, 0.25) is 5.30 Å². The van der Waals surface area contributed by atoms with E-state index in [9.17, 15) is 9.46 Å². The Balaban J connectivity index is 1.90. The van der Waals surface area contributed by atoms with Gasteiger partial charge in [0.1, 0.15) is 0 Å². The molecule has 0 amide bonds. The fourth-order valence-corrected chi connectivity index (χ4v) is 4.06. The first-order chi connectivity index (χ1) is 12.3. The van der Waals surface area contributed by atoms with Gasteiger partial charge in [-0.25, -0.2) is 0 Å². The van der Waals surface area contributed by atoms with E-state index in [0.29, 0.717) is 5.30 Å². The van der Waals surface area contributed by atoms with E-state index in [1.807, 2.05) is 18.2 Å². The molecule has 0 aliphatic rings. The van der Waals surface area contributed by atoms with Crippen LogP contribution in [0.2, 0.25) is 0 Å². The van der Waals surface area contributed by atoms with Gasteiger partial charge in [0, 0.05) is 5.56 Å². The number of unbranched alkanes of at least 4 members (excludes halogenated alkanes) is 13. The normalized spacial score (nSPS) is 11.7. The van der Waals surface area contributed by atoms with E-state index in [-0.39, 0.29) is 0 Å². The SMILES string of the molecule is CCCCCCCCCCCCCCCCc1ccccc1[P+](=O)O. The summed E-state index contributed by atoms with van der Waals surface area (Å²) in [6.45, 7) is 2.27. The summed E-state index contributed by atoms with van der Waals surface area (Å²) < 4.78 is 11.3. The van der Waals surface area contributed by atoms with Crippen molar-refractivity contribution in [3.63, 3.8) is 0 Å². The van der Waals surface area contributed by atoms with Crippen molar-refractivity contribution in [2.75, 3.05) is 0 Å². The lowest BCUT2D eigenvalue weighted by molar-refractivity contribution is 0.513. The van der Waals surface area contributed by atoms with E-state index in [1.54, 1.807) is 6.07 Å². The molecule has 0 spiro atoms. The molecule has 25 heavy (non-hydrogen) atoms. The summed E-state index contributed by atoms with van der Waals surface area (Å²) in [5, 5.41) is 0.618. The molecule has 0 fully saturated rings. The quantitative estimate of drug-likeness (QED) is 0.251. The van der Waals surface area contributed by atoms with Crippen molar-refractivity contribution in [3.8, 4) is 0 Å². The van der Waals surface area contributed by atoms with Crippen LogP contribution < -0.4 is 5.30 Å². The molecule has 0 radical (unpaired) electrons. The Morgan fingerprint density at radius 3 is 1.64 bits per heavy atom. The number of hydrogen-bond acceptors (Lipinski definition) is 1. The van der Waals surface area contributed by atoms with Gasteiger partial charge < -0.3 is 0 Å². The highest BCUT2D eigenvalue weighted by molar-refractivity contribution is 7.47. The zero-order valence-corrected chi connectivity index (χ0v) is 17.1. The Labute approximate surface area is 156 Å². The highest BCUT2D eigenvalue weighted by Gasteiger charge is 2.19. The molecule has 2 nitrogen and oxygen atoms in total. The third-order valence-electron chi connectivity index (χ3n) is 5.00. The monoisotopic (exact) mass is 365 g/mol. The molecule has 1 unspecified atom stereocenters. The van der Waals surface area contributed by atoms with Gasteiger partial charge >= 0.3 is 8.03 Å². The fraction of sp³-hybridized carbons (Fsp3) is 0.727. The van der Waals surface area contributed by atoms with E-state index >= 15 is 0 Å². The summed E-state index contributed by atoms with van der Waals surface area (Å²) in [6, 6.07) is 7.56. The van der Waals surface area contributed by atoms with E-state index in [4.69, 9.17) is 0 Å². The summed E-state index contributed by atoms with van der Waals surface area (Å²) in [5.74, 6) is 0. The van der Waals surface area contributed by atoms with Crippen molar-refractivity contribution in [2.24, 2.45) is 0 Å². The minimum atomic E-state index is -2.21. The summed E-state index contributed by atoms with van der Waals surface area (Å²) >= 11 is 0. The fourth-order valence-electron chi connectivity index (χ4n) is 3.42. The Morgan fingerprint density at radius 2 is 1.16 bits per heavy atom. The number of benzene rings is 1. The Hall–Kier alpha value is -0.720. The van der Waals surface area contributed by atoms with Gasteiger partial charge in [-0.05, 0) is 23.5 Å². The Morgan fingerprint density at radius 1 is 0.720 bits per heavy atom. The largest absolute Gasteiger partial charge is 0.546 e. The molecule has 0 aromatic heterocycles. The van der Waals surface area contributed by atoms with Gasteiger partial charge in [-0.3, -0.25) is 0 Å². The van der Waals surface area contributed by atoms with Crippen LogP contribution in [0.5, 0.6) is 0 Å². The van der Waals surface area contributed by atoms with E-state index in [2.05, 4.69) is 6.92 Å². The van der Waals surface area contributed by atoms with Crippen LogP contribution in [0, 0.1) is 0 Å². The van der Waals surface area contributed by atoms with Crippen LogP contribution in [-0.4, -0.2) is 4.89 Å². The maximum absolute atomic E-state index is 11.3. The van der Waals surface area contributed by atoms with Crippen LogP contribution >= 0.6 is 8.03 Å². The third-order valence-corrected chi connectivity index (χ3v) is 5.85. The van der Waals surface area contributed by atoms with Crippen molar-refractivity contribution in [1.29, 1.82) is 0 Å². The molecule has 1 rings (SSSR count). The zero-order chi connectivity index (χ0) is 18.2. The summed E-state index contributed by atoms with van der Waals surface area (Å²) in [6.07, 6.45) is 20.0. The van der Waals surface area contributed by atoms with Gasteiger partial charge in [0.15, 0.2) is 0 Å². The van der Waals surface area contributed by atoms with E-state index in [1.165, 1.54) is 83.5 Å². The van der Waals surface area contributed by atoms with Crippen LogP contribution in [0.25, 0.3) is 0 Å². The maximum atomic E-state index is 11.3. The molecule has 1 atom stereocenters. The predicted molar refractivity (Wildman–Crippen MR) is 110 cm³/mol. The van der Waals surface area contributed by atoms with Gasteiger partial charge in [0.25, 0.3) is 0 Å². The smallest absolute Gasteiger partial charge is 0.156 e. The molecule has 1 aromatic rings. The lowest BCUT2D eigenvalue weighted by Gasteiger charge is -2.04. The second-order valence-electron chi connectivity index (χ2n) is 7.25. The topological polar surface area (TPSA) is 37.3 Å². The second-order valence-corrected chi connectivity index (χ2v) is 8.28. The molecule has 0 aliphatic carbocycles. The standard InChI is InChI=1S/C22H37O2P/c1-2-3-4-5-6-7-8-9-10-11-12-13-14-15-18-21-19-16-17-20-22(21)25(23)24/h16-17,19-20H,2-15,18H2,1H3/p+1. The minimum absolute atomic E-state index is 0.618. The van der Waals surface area contributed by atoms with Crippen molar-refractivity contribution in [1.82, 2.24) is 0 Å². The third kappa shape index (κ3) is 11.5. The lowest BCUT2D eigenvalue weighted by Crippen LogP contribution is -2.04. The summed E-state index contributed by atoms with van der Waals surface area (Å²) in [4.78, 5) is 9.33. The van der Waals surface area contributed by atoms with Crippen molar-refractivity contribution in [2.45, 2.75) is 103 Å². The molecule has 3 heteroatoms. The minimum Gasteiger partial charge on any atom is -0.156 e. The van der Waals surface area contributed by atoms with Gasteiger partial charge in [-0.1, -0.05) is 109 Å². The van der Waals surface area contributed by atoms with Gasteiger partial charge in [0.05, 0.1) is 0 Å². The lowest BCUT2D eigenvalue weighted by atomic mass is 10.0. The second kappa shape index (κ2) is 15.5. The average Bonchev–Trinajstić information content (AvgIpc) is 2.62. The molecule has 0 saturated carbocycles. The predicted octanol–water partition coefficient (Wildman–Crippen LogP) is 7.07. The molecule has 0 aliphatic heterocycles. The number of rotatable bonds is 16.